The van der Waals surface area contributed by atoms with Crippen molar-refractivity contribution in [3.05, 3.63) is 53.8 Å². The molecule has 0 atom stereocenters. The third-order valence-electron chi connectivity index (χ3n) is 4.23. The van der Waals surface area contributed by atoms with E-state index in [0.717, 1.165) is 28.6 Å². The third-order valence-corrected chi connectivity index (χ3v) is 7.53. The molecule has 0 fully saturated rings. The fraction of sp³-hybridized carbons (Fsp3) is 0.316. The van der Waals surface area contributed by atoms with E-state index >= 15 is 0 Å². The van der Waals surface area contributed by atoms with Gasteiger partial charge in [0, 0.05) is 12.7 Å². The molecule has 0 aliphatic carbocycles. The Bertz CT molecular complexity index is 1120. The molecule has 0 spiro atoms. The zero-order valence-electron chi connectivity index (χ0n) is 16.8. The van der Waals surface area contributed by atoms with Crippen LogP contribution in [-0.4, -0.2) is 46.4 Å². The second-order valence-corrected chi connectivity index (χ2v) is 10.5. The minimum Gasteiger partial charge on any atom is -0.325 e. The first-order valence-corrected chi connectivity index (χ1v) is 12.2. The summed E-state index contributed by atoms with van der Waals surface area (Å²) in [7, 11) is -6.24. The van der Waals surface area contributed by atoms with Crippen molar-refractivity contribution in [2.45, 2.75) is 25.2 Å². The van der Waals surface area contributed by atoms with E-state index in [1.54, 1.807) is 32.0 Å². The van der Waals surface area contributed by atoms with Gasteiger partial charge in [-0.25, -0.2) is 21.2 Å². The van der Waals surface area contributed by atoms with Crippen LogP contribution in [0, 0.1) is 12.7 Å². The maximum Gasteiger partial charge on any atom is 0.243 e. The fourth-order valence-electron chi connectivity index (χ4n) is 2.63. The number of benzene rings is 2. The Balaban J connectivity index is 2.12. The normalized spacial score (nSPS) is 12.0. The van der Waals surface area contributed by atoms with Crippen molar-refractivity contribution in [3.8, 4) is 0 Å². The molecule has 2 aromatic carbocycles. The molecule has 0 saturated heterocycles. The van der Waals surface area contributed by atoms with Crippen molar-refractivity contribution in [1.29, 1.82) is 0 Å². The Morgan fingerprint density at radius 3 is 2.23 bits per heavy atom. The van der Waals surface area contributed by atoms with E-state index in [1.165, 1.54) is 7.05 Å². The number of likely N-dealkylation sites (N-methyl/N-ethyl adjacent to an activating group) is 1. The van der Waals surface area contributed by atoms with Crippen LogP contribution in [0.1, 0.15) is 18.9 Å². The summed E-state index contributed by atoms with van der Waals surface area (Å²) < 4.78 is 65.4. The fourth-order valence-corrected chi connectivity index (χ4v) is 4.96. The van der Waals surface area contributed by atoms with Crippen LogP contribution >= 0.6 is 0 Å². The van der Waals surface area contributed by atoms with Crippen molar-refractivity contribution in [1.82, 2.24) is 4.31 Å². The van der Waals surface area contributed by atoms with Crippen LogP contribution in [0.3, 0.4) is 0 Å². The quantitative estimate of drug-likeness (QED) is 0.601. The Hall–Kier alpha value is -2.50. The number of carbonyl (C=O) groups excluding carboxylic acids is 1. The molecule has 164 valence electrons. The molecule has 0 radical (unpaired) electrons. The van der Waals surface area contributed by atoms with Gasteiger partial charge in [0.1, 0.15) is 5.82 Å². The van der Waals surface area contributed by atoms with Gasteiger partial charge in [0.25, 0.3) is 0 Å². The zero-order chi connectivity index (χ0) is 22.5. The van der Waals surface area contributed by atoms with Gasteiger partial charge in [0.15, 0.2) is 0 Å². The monoisotopic (exact) mass is 457 g/mol. The maximum atomic E-state index is 13.0. The summed E-state index contributed by atoms with van der Waals surface area (Å²) in [5, 5.41) is 2.59. The van der Waals surface area contributed by atoms with Gasteiger partial charge < -0.3 is 5.32 Å². The lowest BCUT2D eigenvalue weighted by Gasteiger charge is -2.18. The summed E-state index contributed by atoms with van der Waals surface area (Å²) in [5.41, 5.74) is 1.17. The van der Waals surface area contributed by atoms with E-state index in [-0.39, 0.29) is 10.6 Å². The summed E-state index contributed by atoms with van der Waals surface area (Å²) >= 11 is 0. The largest absolute Gasteiger partial charge is 0.325 e. The van der Waals surface area contributed by atoms with Gasteiger partial charge in [-0.15, -0.1) is 0 Å². The standard InChI is InChI=1S/C19H24FN3O5S2/c1-4-12-29(25,26)22-18-7-5-6-17(14(18)2)21-19(24)13-23(3)30(27,28)16-10-8-15(20)9-11-16/h5-11,22H,4,12-13H2,1-3H3,(H,21,24). The topological polar surface area (TPSA) is 113 Å². The summed E-state index contributed by atoms with van der Waals surface area (Å²) in [4.78, 5) is 12.3. The predicted molar refractivity (Wildman–Crippen MR) is 114 cm³/mol. The van der Waals surface area contributed by atoms with Crippen LogP contribution in [0.25, 0.3) is 0 Å². The summed E-state index contributed by atoms with van der Waals surface area (Å²) in [6, 6.07) is 9.02. The number of hydrogen-bond donors (Lipinski definition) is 2. The minimum absolute atomic E-state index is 0.0327. The lowest BCUT2D eigenvalue weighted by Crippen LogP contribution is -2.35. The predicted octanol–water partition coefficient (Wildman–Crippen LogP) is 2.55. The average Bonchev–Trinajstić information content (AvgIpc) is 2.65. The van der Waals surface area contributed by atoms with Crippen LogP contribution in [-0.2, 0) is 24.8 Å². The molecule has 0 aliphatic heterocycles. The van der Waals surface area contributed by atoms with Crippen LogP contribution in [0.15, 0.2) is 47.4 Å². The van der Waals surface area contributed by atoms with Crippen LogP contribution in [0.2, 0.25) is 0 Å². The third kappa shape index (κ3) is 6.00. The highest BCUT2D eigenvalue weighted by molar-refractivity contribution is 7.92. The SMILES string of the molecule is CCCS(=O)(=O)Nc1cccc(NC(=O)CN(C)S(=O)(=O)c2ccc(F)cc2)c1C. The Morgan fingerprint density at radius 2 is 1.63 bits per heavy atom. The number of rotatable bonds is 9. The molecule has 2 rings (SSSR count). The molecule has 8 nitrogen and oxygen atoms in total. The van der Waals surface area contributed by atoms with Crippen molar-refractivity contribution < 1.29 is 26.0 Å². The number of carbonyl (C=O) groups is 1. The Kier molecular flexibility index (Phi) is 7.56. The number of sulfonamides is 2. The average molecular weight is 458 g/mol. The van der Waals surface area contributed by atoms with E-state index < -0.39 is 38.3 Å². The van der Waals surface area contributed by atoms with Gasteiger partial charge in [-0.2, -0.15) is 4.31 Å². The highest BCUT2D eigenvalue weighted by Gasteiger charge is 2.23. The molecule has 0 unspecified atom stereocenters. The lowest BCUT2D eigenvalue weighted by atomic mass is 10.1. The zero-order valence-corrected chi connectivity index (χ0v) is 18.5. The summed E-state index contributed by atoms with van der Waals surface area (Å²) in [6.45, 7) is 2.91. The van der Waals surface area contributed by atoms with Gasteiger partial charge >= 0.3 is 0 Å². The van der Waals surface area contributed by atoms with Crippen molar-refractivity contribution >= 4 is 37.3 Å². The van der Waals surface area contributed by atoms with E-state index in [2.05, 4.69) is 10.0 Å². The number of nitrogens with one attached hydrogen (secondary N) is 2. The minimum atomic E-state index is -3.98. The Labute approximate surface area is 176 Å². The second-order valence-electron chi connectivity index (χ2n) is 6.66. The van der Waals surface area contributed by atoms with Gasteiger partial charge in [0.05, 0.1) is 22.9 Å². The summed E-state index contributed by atoms with van der Waals surface area (Å²) in [5.74, 6) is -1.21. The first kappa shape index (κ1) is 23.8. The van der Waals surface area contributed by atoms with E-state index in [4.69, 9.17) is 0 Å². The number of halogens is 1. The van der Waals surface area contributed by atoms with Gasteiger partial charge in [0.2, 0.25) is 26.0 Å². The van der Waals surface area contributed by atoms with E-state index in [1.807, 2.05) is 0 Å². The molecule has 0 aromatic heterocycles. The number of amides is 1. The molecule has 30 heavy (non-hydrogen) atoms. The molecule has 2 aromatic rings. The first-order chi connectivity index (χ1) is 14.0. The number of nitrogens with zero attached hydrogens (tertiary/aromatic N) is 1. The van der Waals surface area contributed by atoms with Crippen molar-refractivity contribution in [2.24, 2.45) is 0 Å². The second kappa shape index (κ2) is 9.54. The van der Waals surface area contributed by atoms with Gasteiger partial charge in [-0.05, 0) is 55.3 Å². The molecule has 11 heteroatoms. The molecule has 0 saturated carbocycles. The van der Waals surface area contributed by atoms with Gasteiger partial charge in [-0.1, -0.05) is 13.0 Å². The van der Waals surface area contributed by atoms with Crippen LogP contribution < -0.4 is 10.0 Å². The smallest absolute Gasteiger partial charge is 0.243 e. The molecular formula is C19H24FN3O5S2. The van der Waals surface area contributed by atoms with E-state index in [9.17, 15) is 26.0 Å². The Morgan fingerprint density at radius 1 is 1.03 bits per heavy atom. The van der Waals surface area contributed by atoms with E-state index in [0.29, 0.717) is 23.4 Å². The molecule has 0 aliphatic rings. The molecule has 0 bridgehead atoms. The molecule has 1 amide bonds. The number of anilines is 2. The van der Waals surface area contributed by atoms with Crippen LogP contribution in [0.4, 0.5) is 15.8 Å². The summed E-state index contributed by atoms with van der Waals surface area (Å²) in [6.07, 6.45) is 0.458. The van der Waals surface area contributed by atoms with Crippen LogP contribution in [0.5, 0.6) is 0 Å². The van der Waals surface area contributed by atoms with Gasteiger partial charge in [-0.3, -0.25) is 9.52 Å². The lowest BCUT2D eigenvalue weighted by molar-refractivity contribution is -0.116. The first-order valence-electron chi connectivity index (χ1n) is 9.08. The highest BCUT2D eigenvalue weighted by atomic mass is 32.2. The molecule has 2 N–H and O–H groups in total. The highest BCUT2D eigenvalue weighted by Crippen LogP contribution is 2.24. The maximum absolute atomic E-state index is 13.0. The van der Waals surface area contributed by atoms with Crippen molar-refractivity contribution in [2.75, 3.05) is 29.4 Å². The molecular weight excluding hydrogens is 433 g/mol. The number of hydrogen-bond acceptors (Lipinski definition) is 5. The molecule has 0 heterocycles. The van der Waals surface area contributed by atoms with Crippen molar-refractivity contribution in [3.63, 3.8) is 0 Å².